The minimum absolute atomic E-state index is 0.786. The first-order valence-corrected chi connectivity index (χ1v) is 5.13. The van der Waals surface area contributed by atoms with E-state index in [9.17, 15) is 0 Å². The van der Waals surface area contributed by atoms with Crippen molar-refractivity contribution >= 4 is 10.9 Å². The van der Waals surface area contributed by atoms with Gasteiger partial charge in [-0.3, -0.25) is 0 Å². The standard InChI is InChI=1S/C12H12N2/c1-2-9(3-1)10-4-5-11-7-13-8-14-12(11)6-10/h4-9H,1-3H2. The van der Waals surface area contributed by atoms with E-state index >= 15 is 0 Å². The molecule has 14 heavy (non-hydrogen) atoms. The van der Waals surface area contributed by atoms with E-state index in [1.165, 1.54) is 24.8 Å². The molecule has 2 heteroatoms. The summed E-state index contributed by atoms with van der Waals surface area (Å²) < 4.78 is 0. The van der Waals surface area contributed by atoms with E-state index in [4.69, 9.17) is 0 Å². The SMILES string of the molecule is c1ncc2ccc(C3CCC3)cc2n1. The second-order valence-corrected chi connectivity index (χ2v) is 3.97. The summed E-state index contributed by atoms with van der Waals surface area (Å²) in [5.41, 5.74) is 2.52. The lowest BCUT2D eigenvalue weighted by atomic mass is 9.80. The van der Waals surface area contributed by atoms with Crippen molar-refractivity contribution in [3.63, 3.8) is 0 Å². The van der Waals surface area contributed by atoms with Crippen LogP contribution in [0.15, 0.2) is 30.7 Å². The lowest BCUT2D eigenvalue weighted by Gasteiger charge is -2.25. The molecule has 0 saturated heterocycles. The molecule has 0 unspecified atom stereocenters. The summed E-state index contributed by atoms with van der Waals surface area (Å²) >= 11 is 0. The van der Waals surface area contributed by atoms with Gasteiger partial charge >= 0.3 is 0 Å². The summed E-state index contributed by atoms with van der Waals surface area (Å²) in [5, 5.41) is 1.13. The van der Waals surface area contributed by atoms with Gasteiger partial charge in [0.25, 0.3) is 0 Å². The first-order chi connectivity index (χ1) is 6.93. The van der Waals surface area contributed by atoms with Crippen LogP contribution in [0.25, 0.3) is 10.9 Å². The van der Waals surface area contributed by atoms with Crippen molar-refractivity contribution in [2.45, 2.75) is 25.2 Å². The second-order valence-electron chi connectivity index (χ2n) is 3.97. The molecule has 0 spiro atoms. The number of hydrogen-bond acceptors (Lipinski definition) is 2. The molecule has 1 fully saturated rings. The normalized spacial score (nSPS) is 16.9. The molecule has 1 heterocycles. The number of rotatable bonds is 1. The molecule has 0 aliphatic heterocycles. The third-order valence-corrected chi connectivity index (χ3v) is 3.11. The van der Waals surface area contributed by atoms with Crippen molar-refractivity contribution < 1.29 is 0 Å². The Balaban J connectivity index is 2.10. The second kappa shape index (κ2) is 3.05. The van der Waals surface area contributed by atoms with Crippen molar-refractivity contribution in [2.75, 3.05) is 0 Å². The van der Waals surface area contributed by atoms with Gasteiger partial charge in [-0.05, 0) is 30.4 Å². The molecule has 1 saturated carbocycles. The molecule has 0 N–H and O–H groups in total. The van der Waals surface area contributed by atoms with Gasteiger partial charge in [-0.25, -0.2) is 9.97 Å². The van der Waals surface area contributed by atoms with Gasteiger partial charge in [-0.15, -0.1) is 0 Å². The number of fused-ring (bicyclic) bond motifs is 1. The average molecular weight is 184 g/mol. The smallest absolute Gasteiger partial charge is 0.116 e. The van der Waals surface area contributed by atoms with Gasteiger partial charge in [-0.1, -0.05) is 18.6 Å². The Bertz CT molecular complexity index is 461. The van der Waals surface area contributed by atoms with Crippen LogP contribution < -0.4 is 0 Å². The van der Waals surface area contributed by atoms with Crippen molar-refractivity contribution in [3.8, 4) is 0 Å². The Morgan fingerprint density at radius 2 is 2.14 bits per heavy atom. The van der Waals surface area contributed by atoms with Gasteiger partial charge in [0.1, 0.15) is 6.33 Å². The summed E-state index contributed by atoms with van der Waals surface area (Å²) in [5.74, 6) is 0.786. The number of nitrogens with zero attached hydrogens (tertiary/aromatic N) is 2. The predicted molar refractivity (Wildman–Crippen MR) is 56.1 cm³/mol. The molecule has 3 rings (SSSR count). The molecule has 0 atom stereocenters. The Labute approximate surface area is 83.0 Å². The summed E-state index contributed by atoms with van der Waals surface area (Å²) in [6.45, 7) is 0. The lowest BCUT2D eigenvalue weighted by Crippen LogP contribution is -2.08. The van der Waals surface area contributed by atoms with Crippen LogP contribution in [0, 0.1) is 0 Å². The largest absolute Gasteiger partial charge is 0.244 e. The molecule has 1 aliphatic carbocycles. The van der Waals surface area contributed by atoms with Gasteiger partial charge in [-0.2, -0.15) is 0 Å². The van der Waals surface area contributed by atoms with E-state index in [1.807, 2.05) is 6.20 Å². The topological polar surface area (TPSA) is 25.8 Å². The van der Waals surface area contributed by atoms with Crippen molar-refractivity contribution in [3.05, 3.63) is 36.3 Å². The van der Waals surface area contributed by atoms with Crippen molar-refractivity contribution in [1.29, 1.82) is 0 Å². The van der Waals surface area contributed by atoms with E-state index in [-0.39, 0.29) is 0 Å². The van der Waals surface area contributed by atoms with Crippen LogP contribution in [-0.4, -0.2) is 9.97 Å². The fourth-order valence-electron chi connectivity index (χ4n) is 1.99. The highest BCUT2D eigenvalue weighted by atomic mass is 14.8. The molecule has 2 nitrogen and oxygen atoms in total. The van der Waals surface area contributed by atoms with E-state index in [0.717, 1.165) is 16.8 Å². The Morgan fingerprint density at radius 3 is 2.93 bits per heavy atom. The number of benzene rings is 1. The van der Waals surface area contributed by atoms with Crippen molar-refractivity contribution in [1.82, 2.24) is 9.97 Å². The molecule has 1 aliphatic rings. The van der Waals surface area contributed by atoms with E-state index < -0.39 is 0 Å². The quantitative estimate of drug-likeness (QED) is 0.681. The highest BCUT2D eigenvalue weighted by molar-refractivity contribution is 5.78. The summed E-state index contributed by atoms with van der Waals surface area (Å²) in [6, 6.07) is 6.55. The Kier molecular flexibility index (Phi) is 1.72. The summed E-state index contributed by atoms with van der Waals surface area (Å²) in [6.07, 6.45) is 7.55. The predicted octanol–water partition coefficient (Wildman–Crippen LogP) is 2.90. The first kappa shape index (κ1) is 7.92. The van der Waals surface area contributed by atoms with Crippen LogP contribution in [0.1, 0.15) is 30.7 Å². The first-order valence-electron chi connectivity index (χ1n) is 5.13. The van der Waals surface area contributed by atoms with Crippen LogP contribution in [0.5, 0.6) is 0 Å². The molecule has 0 radical (unpaired) electrons. The third-order valence-electron chi connectivity index (χ3n) is 3.11. The monoisotopic (exact) mass is 184 g/mol. The zero-order valence-electron chi connectivity index (χ0n) is 7.98. The van der Waals surface area contributed by atoms with Crippen molar-refractivity contribution in [2.24, 2.45) is 0 Å². The maximum Gasteiger partial charge on any atom is 0.116 e. The fourth-order valence-corrected chi connectivity index (χ4v) is 1.99. The summed E-state index contributed by atoms with van der Waals surface area (Å²) in [4.78, 5) is 8.28. The highest BCUT2D eigenvalue weighted by Gasteiger charge is 2.19. The molecule has 1 aromatic heterocycles. The molecular weight excluding hydrogens is 172 g/mol. The van der Waals surface area contributed by atoms with Gasteiger partial charge in [0, 0.05) is 11.6 Å². The maximum absolute atomic E-state index is 4.27. The zero-order valence-corrected chi connectivity index (χ0v) is 7.98. The van der Waals surface area contributed by atoms with Gasteiger partial charge in [0.2, 0.25) is 0 Å². The van der Waals surface area contributed by atoms with E-state index in [0.29, 0.717) is 0 Å². The minimum Gasteiger partial charge on any atom is -0.244 e. The van der Waals surface area contributed by atoms with Crippen LogP contribution in [0.2, 0.25) is 0 Å². The minimum atomic E-state index is 0.786. The molecule has 2 aromatic rings. The summed E-state index contributed by atoms with van der Waals surface area (Å²) in [7, 11) is 0. The lowest BCUT2D eigenvalue weighted by molar-refractivity contribution is 0.420. The molecule has 0 amide bonds. The Morgan fingerprint density at radius 1 is 1.21 bits per heavy atom. The van der Waals surface area contributed by atoms with Crippen LogP contribution >= 0.6 is 0 Å². The Hall–Kier alpha value is -1.44. The zero-order chi connectivity index (χ0) is 9.38. The molecule has 1 aromatic carbocycles. The van der Waals surface area contributed by atoms with E-state index in [2.05, 4.69) is 28.2 Å². The molecule has 70 valence electrons. The van der Waals surface area contributed by atoms with Crippen LogP contribution in [0.4, 0.5) is 0 Å². The van der Waals surface area contributed by atoms with E-state index in [1.54, 1.807) is 6.33 Å². The third kappa shape index (κ3) is 1.18. The van der Waals surface area contributed by atoms with Crippen LogP contribution in [-0.2, 0) is 0 Å². The van der Waals surface area contributed by atoms with Crippen LogP contribution in [0.3, 0.4) is 0 Å². The average Bonchev–Trinajstić information content (AvgIpc) is 2.15. The fraction of sp³-hybridized carbons (Fsp3) is 0.333. The highest BCUT2D eigenvalue weighted by Crippen LogP contribution is 2.36. The van der Waals surface area contributed by atoms with Gasteiger partial charge in [0.05, 0.1) is 5.52 Å². The molecule has 0 bridgehead atoms. The molecular formula is C12H12N2. The number of aromatic nitrogens is 2. The number of hydrogen-bond donors (Lipinski definition) is 0. The maximum atomic E-state index is 4.27. The van der Waals surface area contributed by atoms with Gasteiger partial charge in [0.15, 0.2) is 0 Å². The van der Waals surface area contributed by atoms with Gasteiger partial charge < -0.3 is 0 Å².